The minimum atomic E-state index is -4.29. The molecule has 58 heavy (non-hydrogen) atoms. The van der Waals surface area contributed by atoms with Gasteiger partial charge >= 0.3 is 0 Å². The van der Waals surface area contributed by atoms with E-state index in [-0.39, 0.29) is 31.7 Å². The molecule has 2 aliphatic heterocycles. The number of hydrogen-bond acceptors (Lipinski definition) is 13. The molecule has 0 aliphatic carbocycles. The molecule has 0 atom stereocenters. The number of anilines is 3. The second-order valence-electron chi connectivity index (χ2n) is 15.3. The van der Waals surface area contributed by atoms with Gasteiger partial charge in [-0.05, 0) is 88.9 Å². The van der Waals surface area contributed by atoms with E-state index in [2.05, 4.69) is 48.0 Å². The van der Waals surface area contributed by atoms with Crippen LogP contribution in [0, 0.1) is 0 Å². The zero-order chi connectivity index (χ0) is 43.1. The van der Waals surface area contributed by atoms with E-state index in [0.29, 0.717) is 25.4 Å². The predicted molar refractivity (Wildman–Crippen MR) is 229 cm³/mol. The number of rotatable bonds is 23. The molecule has 0 saturated heterocycles. The van der Waals surface area contributed by atoms with Crippen molar-refractivity contribution in [2.45, 2.75) is 71.6 Å². The van der Waals surface area contributed by atoms with Crippen LogP contribution in [-0.2, 0) is 50.6 Å². The molecule has 4 N–H and O–H groups in total. The number of allylic oxidation sites excluding steroid dienone is 4. The number of hydrogen-bond donors (Lipinski definition) is 4. The van der Waals surface area contributed by atoms with Gasteiger partial charge in [0.15, 0.2) is 12.3 Å². The van der Waals surface area contributed by atoms with Gasteiger partial charge in [0.25, 0.3) is 30.4 Å². The molecular weight excluding hydrogens is 833 g/mol. The van der Waals surface area contributed by atoms with Crippen molar-refractivity contribution in [2.24, 2.45) is 0 Å². The van der Waals surface area contributed by atoms with Crippen molar-refractivity contribution in [3.05, 3.63) is 71.5 Å². The third-order valence-electron chi connectivity index (χ3n) is 10.7. The highest BCUT2D eigenvalue weighted by molar-refractivity contribution is 7.94. The molecule has 0 radical (unpaired) electrons. The van der Waals surface area contributed by atoms with Gasteiger partial charge in [0, 0.05) is 96.4 Å². The lowest BCUT2D eigenvalue weighted by Gasteiger charge is -2.27. The van der Waals surface area contributed by atoms with Crippen molar-refractivity contribution >= 4 is 70.9 Å². The summed E-state index contributed by atoms with van der Waals surface area (Å²) in [6, 6.07) is 12.0. The highest BCUT2D eigenvalue weighted by Crippen LogP contribution is 2.49. The number of benzene rings is 2. The molecule has 324 valence electrons. The minimum Gasteiger partial charge on any atom is -0.372 e. The Morgan fingerprint density at radius 1 is 0.776 bits per heavy atom. The minimum absolute atomic E-state index is 0.00608. The lowest BCUT2D eigenvalue weighted by molar-refractivity contribution is -0.432. The lowest BCUT2D eigenvalue weighted by Crippen LogP contribution is -2.30. The maximum atomic E-state index is 12.0. The smallest absolute Gasteiger partial charge is 0.271 e. The summed E-state index contributed by atoms with van der Waals surface area (Å²) >= 11 is 0.998. The molecule has 0 aromatic heterocycles. The summed E-state index contributed by atoms with van der Waals surface area (Å²) in [5, 5.41) is 12.1. The lowest BCUT2D eigenvalue weighted by atomic mass is 9.81. The summed E-state index contributed by atoms with van der Waals surface area (Å²) in [4.78, 5) is 6.27. The van der Waals surface area contributed by atoms with Crippen LogP contribution in [0.1, 0.15) is 71.9 Å². The summed E-state index contributed by atoms with van der Waals surface area (Å²) in [5.74, 6) is -0.675. The van der Waals surface area contributed by atoms with E-state index in [1.165, 1.54) is 0 Å². The normalized spacial score (nSPS) is 17.1. The van der Waals surface area contributed by atoms with Crippen LogP contribution in [0.15, 0.2) is 60.3 Å². The van der Waals surface area contributed by atoms with Crippen LogP contribution in [0.5, 0.6) is 0 Å². The van der Waals surface area contributed by atoms with Crippen LogP contribution in [0.3, 0.4) is 0 Å². The highest BCUT2D eigenvalue weighted by Gasteiger charge is 2.45. The molecule has 0 spiro atoms. The van der Waals surface area contributed by atoms with Crippen LogP contribution in [0.25, 0.3) is 0 Å². The first-order valence-corrected chi connectivity index (χ1v) is 24.8. The molecule has 4 rings (SSSR count). The third-order valence-corrected chi connectivity index (χ3v) is 13.6. The van der Waals surface area contributed by atoms with Crippen molar-refractivity contribution < 1.29 is 58.1 Å². The van der Waals surface area contributed by atoms with Gasteiger partial charge in [-0.15, -0.1) is 4.33 Å². The molecule has 2 aliphatic rings. The van der Waals surface area contributed by atoms with Gasteiger partial charge in [0.1, 0.15) is 5.75 Å². The van der Waals surface area contributed by atoms with E-state index in [4.69, 9.17) is 5.26 Å². The van der Waals surface area contributed by atoms with E-state index < -0.39 is 52.7 Å². The molecule has 2 aromatic rings. The van der Waals surface area contributed by atoms with Crippen LogP contribution in [-0.4, -0.2) is 117 Å². The zero-order valence-corrected chi connectivity index (χ0v) is 37.1. The summed E-state index contributed by atoms with van der Waals surface area (Å²) in [5.41, 5.74) is 5.91. The molecule has 0 unspecified atom stereocenters. The SMILES string of the molecule is CCN(CCCSOOO)c1ccc2c(c1)C(C)(C)C(C=C/C=C1/N(CCCS(=O)(=O)O)c3ccc(N(CC)CCCS(=O)(=O)O)cc3C1(C)C)=[N+]2CCS(=O)(=O)O. The Hall–Kier alpha value is -3.05. The Bertz CT molecular complexity index is 2210. The van der Waals surface area contributed by atoms with Crippen molar-refractivity contribution in [3.63, 3.8) is 0 Å². The van der Waals surface area contributed by atoms with E-state index in [1.807, 2.05) is 76.8 Å². The maximum absolute atomic E-state index is 12.0. The Kier molecular flexibility index (Phi) is 16.1. The van der Waals surface area contributed by atoms with E-state index in [0.717, 1.165) is 70.3 Å². The molecule has 2 heterocycles. The van der Waals surface area contributed by atoms with Crippen molar-refractivity contribution in [3.8, 4) is 0 Å². The second kappa shape index (κ2) is 19.6. The molecule has 2 aromatic carbocycles. The molecule has 0 saturated carbocycles. The average Bonchev–Trinajstić information content (AvgIpc) is 3.47. The average molecular weight is 890 g/mol. The fraction of sp³-hybridized carbons (Fsp3) is 0.553. The van der Waals surface area contributed by atoms with E-state index >= 15 is 0 Å². The van der Waals surface area contributed by atoms with E-state index in [1.54, 1.807) is 0 Å². The Morgan fingerprint density at radius 3 is 1.93 bits per heavy atom. The summed E-state index contributed by atoms with van der Waals surface area (Å²) in [6.07, 6.45) is 6.92. The Labute approximate surface area is 347 Å². The second-order valence-corrected chi connectivity index (χ2v) is 20.8. The van der Waals surface area contributed by atoms with Gasteiger partial charge in [-0.3, -0.25) is 13.7 Å². The fourth-order valence-electron chi connectivity index (χ4n) is 7.79. The first-order chi connectivity index (χ1) is 27.0. The third kappa shape index (κ3) is 12.3. The largest absolute Gasteiger partial charge is 0.372 e. The van der Waals surface area contributed by atoms with Gasteiger partial charge in [-0.25, -0.2) is 5.26 Å². The number of nitrogens with zero attached hydrogens (tertiary/aromatic N) is 4. The fourth-order valence-corrected chi connectivity index (χ4v) is 9.55. The summed E-state index contributed by atoms with van der Waals surface area (Å²) < 4.78 is 105. The molecule has 0 fully saturated rings. The van der Waals surface area contributed by atoms with Crippen LogP contribution in [0.4, 0.5) is 22.7 Å². The van der Waals surface area contributed by atoms with Gasteiger partial charge < -0.3 is 14.7 Å². The summed E-state index contributed by atoms with van der Waals surface area (Å²) in [7, 11) is -12.6. The van der Waals surface area contributed by atoms with Gasteiger partial charge in [-0.2, -0.15) is 29.8 Å². The number of fused-ring (bicyclic) bond motifs is 2. The molecule has 0 bridgehead atoms. The topological polar surface area (TPSA) is 215 Å². The quantitative estimate of drug-likeness (QED) is 0.0257. The van der Waals surface area contributed by atoms with E-state index in [9.17, 15) is 38.9 Å². The Morgan fingerprint density at radius 2 is 1.34 bits per heavy atom. The first kappa shape index (κ1) is 47.6. The molecule has 0 amide bonds. The predicted octanol–water partition coefficient (Wildman–Crippen LogP) is 5.86. The highest BCUT2D eigenvalue weighted by atomic mass is 32.2. The Balaban J connectivity index is 1.74. The van der Waals surface area contributed by atoms with Gasteiger partial charge in [0.05, 0.1) is 16.9 Å². The molecule has 16 nitrogen and oxygen atoms in total. The zero-order valence-electron chi connectivity index (χ0n) is 33.9. The standard InChI is InChI=1S/C38H56N4O12S4/c1-7-39(19-10-23-55-54-53-43)29-16-18-34-32(27-29)38(5,6)36(42(34)22-26-58(50,51)52)14-9-13-35-37(3,4)31-28-30(40(8-2)20-11-24-56(44,45)46)15-17-33(31)41(35)21-12-25-57(47,48)49/h9,13-18,27-28H,7-8,10-12,19-26H2,1-6H3,(H3-,43,44,45,46,47,48,49,50,51,52)/p+1. The summed E-state index contributed by atoms with van der Waals surface area (Å²) in [6.45, 7) is 14.9. The van der Waals surface area contributed by atoms with Gasteiger partial charge in [-0.1, -0.05) is 25.0 Å². The monoisotopic (exact) mass is 889 g/mol. The molecule has 20 heteroatoms. The van der Waals surface area contributed by atoms with Crippen molar-refractivity contribution in [1.82, 2.24) is 0 Å². The first-order valence-electron chi connectivity index (χ1n) is 19.1. The van der Waals surface area contributed by atoms with Crippen LogP contribution in [0.2, 0.25) is 0 Å². The van der Waals surface area contributed by atoms with Crippen molar-refractivity contribution in [1.29, 1.82) is 0 Å². The maximum Gasteiger partial charge on any atom is 0.271 e. The van der Waals surface area contributed by atoms with Crippen LogP contribution < -0.4 is 14.7 Å². The van der Waals surface area contributed by atoms with Gasteiger partial charge in [0.2, 0.25) is 5.69 Å². The van der Waals surface area contributed by atoms with Crippen molar-refractivity contribution in [2.75, 3.05) is 77.0 Å². The molecular formula is C38H57N4O12S4+. The van der Waals surface area contributed by atoms with Crippen LogP contribution >= 0.6 is 12.0 Å².